The molecule has 5 heteroatoms. The predicted molar refractivity (Wildman–Crippen MR) is 33.3 cm³/mol. The number of hydrogen-bond acceptors (Lipinski definition) is 3. The summed E-state index contributed by atoms with van der Waals surface area (Å²) in [6, 6.07) is 0. The largest absolute Gasteiger partial charge is 0.291 e. The van der Waals surface area contributed by atoms with Gasteiger partial charge >= 0.3 is 0 Å². The van der Waals surface area contributed by atoms with Crippen LogP contribution in [0, 0.1) is 0 Å². The van der Waals surface area contributed by atoms with Crippen LogP contribution in [-0.2, 0) is 14.2 Å². The van der Waals surface area contributed by atoms with Crippen LogP contribution in [0.1, 0.15) is 19.3 Å². The van der Waals surface area contributed by atoms with Crippen molar-refractivity contribution in [1.29, 1.82) is 0 Å². The number of piperidine rings is 1. The normalized spacial score (nSPS) is 20.2. The van der Waals surface area contributed by atoms with E-state index in [1.807, 2.05) is 0 Å². The topological polar surface area (TPSA) is 54.5 Å². The lowest BCUT2D eigenvalue weighted by Crippen LogP contribution is -2.32. The Bertz CT molecular complexity index is 175. The van der Waals surface area contributed by atoms with Crippen LogP contribution in [0.4, 0.5) is 0 Å². The molecule has 1 aliphatic heterocycles. The van der Waals surface area contributed by atoms with Crippen molar-refractivity contribution < 1.29 is 14.2 Å². The molecule has 0 aromatic rings. The molecule has 0 saturated carbocycles. The number of amides is 2. The Morgan fingerprint density at radius 2 is 1.70 bits per heavy atom. The third kappa shape index (κ3) is 1.21. The minimum Gasteiger partial charge on any atom is -0.274 e. The van der Waals surface area contributed by atoms with Gasteiger partial charge in [-0.2, -0.15) is 4.67 Å². The maximum Gasteiger partial charge on any atom is 0.291 e. The Hall–Kier alpha value is -0.760. The highest BCUT2D eigenvalue weighted by atomic mass is 31.1. The Balaban J connectivity index is 2.71. The van der Waals surface area contributed by atoms with Crippen molar-refractivity contribution in [3.8, 4) is 0 Å². The van der Waals surface area contributed by atoms with Crippen molar-refractivity contribution in [3.63, 3.8) is 0 Å². The second kappa shape index (κ2) is 2.88. The summed E-state index contributed by atoms with van der Waals surface area (Å²) in [6.45, 7) is 0. The number of rotatable bonds is 1. The van der Waals surface area contributed by atoms with Gasteiger partial charge in [0.1, 0.15) is 0 Å². The summed E-state index contributed by atoms with van der Waals surface area (Å²) in [5.41, 5.74) is 0. The molecule has 0 aromatic carbocycles. The quantitative estimate of drug-likeness (QED) is 0.418. The highest BCUT2D eigenvalue weighted by Gasteiger charge is 2.25. The number of nitrogens with zero attached hydrogens (tertiary/aromatic N) is 1. The Kier molecular flexibility index (Phi) is 2.12. The van der Waals surface area contributed by atoms with Crippen LogP contribution in [0.2, 0.25) is 0 Å². The van der Waals surface area contributed by atoms with E-state index in [9.17, 15) is 14.2 Å². The van der Waals surface area contributed by atoms with Crippen molar-refractivity contribution in [2.75, 3.05) is 0 Å². The molecule has 4 nitrogen and oxygen atoms in total. The molecule has 0 N–H and O–H groups in total. The molecule has 0 aromatic heterocycles. The first-order valence-corrected chi connectivity index (χ1v) is 3.71. The zero-order valence-electron chi connectivity index (χ0n) is 5.24. The van der Waals surface area contributed by atoms with Crippen LogP contribution >= 0.6 is 8.61 Å². The molecule has 0 radical (unpaired) electrons. The summed E-state index contributed by atoms with van der Waals surface area (Å²) >= 11 is 0. The third-order valence-corrected chi connectivity index (χ3v) is 1.94. The van der Waals surface area contributed by atoms with Crippen molar-refractivity contribution in [1.82, 2.24) is 4.67 Å². The van der Waals surface area contributed by atoms with Gasteiger partial charge in [-0.15, -0.1) is 0 Å². The average molecular weight is 159 g/mol. The van der Waals surface area contributed by atoms with Crippen LogP contribution < -0.4 is 0 Å². The van der Waals surface area contributed by atoms with Gasteiger partial charge in [-0.25, -0.2) is 4.57 Å². The highest BCUT2D eigenvalue weighted by molar-refractivity contribution is 7.23. The van der Waals surface area contributed by atoms with E-state index in [2.05, 4.69) is 0 Å². The molecule has 1 heterocycles. The van der Waals surface area contributed by atoms with Gasteiger partial charge in [-0.1, -0.05) is 0 Å². The Labute approximate surface area is 59.5 Å². The minimum atomic E-state index is -0.501. The average Bonchev–Trinajstić information content (AvgIpc) is 1.88. The van der Waals surface area contributed by atoms with E-state index in [1.54, 1.807) is 0 Å². The number of carbonyl (C=O) groups is 2. The van der Waals surface area contributed by atoms with Gasteiger partial charge in [0, 0.05) is 12.8 Å². The van der Waals surface area contributed by atoms with Gasteiger partial charge in [-0.05, 0) is 6.42 Å². The molecule has 0 bridgehead atoms. The monoisotopic (exact) mass is 159 g/mol. The lowest BCUT2D eigenvalue weighted by atomic mass is 10.1. The molecule has 10 heavy (non-hydrogen) atoms. The first-order valence-electron chi connectivity index (χ1n) is 2.95. The fourth-order valence-corrected chi connectivity index (χ4v) is 1.21. The van der Waals surface area contributed by atoms with Crippen molar-refractivity contribution in [3.05, 3.63) is 0 Å². The van der Waals surface area contributed by atoms with Gasteiger partial charge in [0.15, 0.2) is 0 Å². The van der Waals surface area contributed by atoms with E-state index in [1.165, 1.54) is 0 Å². The zero-order chi connectivity index (χ0) is 7.56. The van der Waals surface area contributed by atoms with E-state index < -0.39 is 8.61 Å². The van der Waals surface area contributed by atoms with E-state index in [0.29, 0.717) is 19.3 Å². The van der Waals surface area contributed by atoms with E-state index >= 15 is 0 Å². The molecule has 1 aliphatic rings. The first kappa shape index (κ1) is 7.35. The van der Waals surface area contributed by atoms with Crippen molar-refractivity contribution in [2.24, 2.45) is 0 Å². The maximum atomic E-state index is 10.7. The second-order valence-electron chi connectivity index (χ2n) is 2.03. The van der Waals surface area contributed by atoms with Crippen LogP contribution in [0.15, 0.2) is 0 Å². The number of hydrogen-bond donors (Lipinski definition) is 0. The number of imide groups is 1. The molecule has 2 amide bonds. The lowest BCUT2D eigenvalue weighted by molar-refractivity contribution is -0.141. The van der Waals surface area contributed by atoms with E-state index in [4.69, 9.17) is 0 Å². The molecule has 54 valence electrons. The standard InChI is InChI=1S/C5H6NO3P/c7-4-2-1-3-5(8)6(4)10-9/h1-3H2. The molecule has 0 unspecified atom stereocenters. The van der Waals surface area contributed by atoms with Gasteiger partial charge in [-0.3, -0.25) is 9.59 Å². The minimum absolute atomic E-state index is 0.334. The van der Waals surface area contributed by atoms with Crippen LogP contribution in [0.5, 0.6) is 0 Å². The SMILES string of the molecule is O=PN1C(=O)CCCC1=O. The third-order valence-electron chi connectivity index (χ3n) is 1.34. The van der Waals surface area contributed by atoms with E-state index in [0.717, 1.165) is 4.67 Å². The Morgan fingerprint density at radius 1 is 1.20 bits per heavy atom. The Morgan fingerprint density at radius 3 is 2.00 bits per heavy atom. The molecule has 1 fully saturated rings. The second-order valence-corrected chi connectivity index (χ2v) is 2.60. The zero-order valence-corrected chi connectivity index (χ0v) is 6.13. The number of carbonyl (C=O) groups excluding carboxylic acids is 2. The summed E-state index contributed by atoms with van der Waals surface area (Å²) in [5.74, 6) is -0.680. The van der Waals surface area contributed by atoms with Gasteiger partial charge in [0.2, 0.25) is 11.8 Å². The fourth-order valence-electron chi connectivity index (χ4n) is 0.833. The first-order chi connectivity index (χ1) is 4.75. The molecule has 0 spiro atoms. The van der Waals surface area contributed by atoms with Crippen LogP contribution in [0.3, 0.4) is 0 Å². The summed E-state index contributed by atoms with van der Waals surface area (Å²) in [6.07, 6.45) is 1.26. The summed E-state index contributed by atoms with van der Waals surface area (Å²) < 4.78 is 10.9. The molecular weight excluding hydrogens is 153 g/mol. The molecule has 1 saturated heterocycles. The molecular formula is C5H6NO3P. The maximum absolute atomic E-state index is 10.7. The molecule has 0 atom stereocenters. The fraction of sp³-hybridized carbons (Fsp3) is 0.600. The summed E-state index contributed by atoms with van der Waals surface area (Å²) in [5, 5.41) is 0. The predicted octanol–water partition coefficient (Wildman–Crippen LogP) is 0.732. The lowest BCUT2D eigenvalue weighted by Gasteiger charge is -2.16. The van der Waals surface area contributed by atoms with Gasteiger partial charge < -0.3 is 0 Å². The van der Waals surface area contributed by atoms with Crippen LogP contribution in [-0.4, -0.2) is 16.5 Å². The van der Waals surface area contributed by atoms with Crippen molar-refractivity contribution in [2.45, 2.75) is 19.3 Å². The molecule has 0 aliphatic carbocycles. The van der Waals surface area contributed by atoms with Gasteiger partial charge in [0.05, 0.1) is 0 Å². The van der Waals surface area contributed by atoms with Crippen LogP contribution in [0.25, 0.3) is 0 Å². The van der Waals surface area contributed by atoms with Gasteiger partial charge in [0.25, 0.3) is 8.61 Å². The summed E-state index contributed by atoms with van der Waals surface area (Å²) in [4.78, 5) is 21.5. The molecule has 1 rings (SSSR count). The van der Waals surface area contributed by atoms with E-state index in [-0.39, 0.29) is 11.8 Å². The highest BCUT2D eigenvalue weighted by Crippen LogP contribution is 2.18. The van der Waals surface area contributed by atoms with Crippen molar-refractivity contribution >= 4 is 20.4 Å². The summed E-state index contributed by atoms with van der Waals surface area (Å²) in [7, 11) is -0.501. The smallest absolute Gasteiger partial charge is 0.274 e.